The molecule has 1 aliphatic carbocycles. The smallest absolute Gasteiger partial charge is 0.248 e. The molecule has 0 aliphatic heterocycles. The minimum atomic E-state index is -2.54. The zero-order chi connectivity index (χ0) is 14.1. The van der Waals surface area contributed by atoms with Crippen molar-refractivity contribution in [3.63, 3.8) is 0 Å². The van der Waals surface area contributed by atoms with E-state index in [2.05, 4.69) is 10.1 Å². The number of hydrogen-bond acceptors (Lipinski definition) is 4. The maximum atomic E-state index is 13.1. The lowest BCUT2D eigenvalue weighted by molar-refractivity contribution is -0.0402. The molecule has 4 nitrogen and oxygen atoms in total. The first-order valence-corrected chi connectivity index (χ1v) is 6.91. The van der Waals surface area contributed by atoms with Gasteiger partial charge < -0.3 is 10.3 Å². The molecule has 2 N–H and O–H groups in total. The van der Waals surface area contributed by atoms with Crippen molar-refractivity contribution in [3.8, 4) is 0 Å². The second-order valence-corrected chi connectivity index (χ2v) is 5.45. The molecule has 1 heterocycles. The van der Waals surface area contributed by atoms with Gasteiger partial charge in [-0.05, 0) is 25.7 Å². The summed E-state index contributed by atoms with van der Waals surface area (Å²) in [6.45, 7) is 3.95. The highest BCUT2D eigenvalue weighted by molar-refractivity contribution is 5.05. The molecule has 19 heavy (non-hydrogen) atoms. The Balaban J connectivity index is 2.10. The number of nitrogens with zero attached hydrogens (tertiary/aromatic N) is 2. The van der Waals surface area contributed by atoms with Crippen molar-refractivity contribution >= 4 is 0 Å². The van der Waals surface area contributed by atoms with Crippen LogP contribution in [0.2, 0.25) is 0 Å². The molecule has 1 saturated carbocycles. The highest BCUT2D eigenvalue weighted by Crippen LogP contribution is 2.40. The van der Waals surface area contributed by atoms with E-state index in [0.29, 0.717) is 37.4 Å². The van der Waals surface area contributed by atoms with Crippen LogP contribution in [0.5, 0.6) is 0 Å². The monoisotopic (exact) mass is 273 g/mol. The normalized spacial score (nSPS) is 20.7. The maximum absolute atomic E-state index is 13.1. The third-order valence-electron chi connectivity index (χ3n) is 4.22. The third kappa shape index (κ3) is 2.94. The molecule has 0 radical (unpaired) electrons. The number of alkyl halides is 2. The third-order valence-corrected chi connectivity index (χ3v) is 4.22. The second-order valence-electron chi connectivity index (χ2n) is 5.45. The van der Waals surface area contributed by atoms with Crippen LogP contribution >= 0.6 is 0 Å². The molecule has 6 heteroatoms. The summed E-state index contributed by atoms with van der Waals surface area (Å²) >= 11 is 0. The van der Waals surface area contributed by atoms with Gasteiger partial charge in [-0.25, -0.2) is 8.78 Å². The summed E-state index contributed by atoms with van der Waals surface area (Å²) in [5, 5.41) is 3.94. The zero-order valence-electron chi connectivity index (χ0n) is 11.5. The van der Waals surface area contributed by atoms with Gasteiger partial charge in [0.25, 0.3) is 0 Å². The van der Waals surface area contributed by atoms with Gasteiger partial charge in [-0.2, -0.15) is 4.98 Å². The molecule has 0 atom stereocenters. The van der Waals surface area contributed by atoms with E-state index in [0.717, 1.165) is 0 Å². The zero-order valence-corrected chi connectivity index (χ0v) is 11.5. The average molecular weight is 273 g/mol. The molecule has 1 aromatic heterocycles. The first kappa shape index (κ1) is 14.4. The fourth-order valence-electron chi connectivity index (χ4n) is 2.46. The Labute approximate surface area is 111 Å². The highest BCUT2D eigenvalue weighted by Gasteiger charge is 2.38. The summed E-state index contributed by atoms with van der Waals surface area (Å²) in [6, 6.07) is 0. The van der Waals surface area contributed by atoms with Gasteiger partial charge >= 0.3 is 0 Å². The van der Waals surface area contributed by atoms with E-state index < -0.39 is 11.5 Å². The van der Waals surface area contributed by atoms with Gasteiger partial charge in [0.15, 0.2) is 5.82 Å². The summed E-state index contributed by atoms with van der Waals surface area (Å²) in [5.41, 5.74) is 5.62. The fraction of sp³-hybridized carbons (Fsp3) is 0.846. The predicted molar refractivity (Wildman–Crippen MR) is 66.9 cm³/mol. The van der Waals surface area contributed by atoms with Crippen molar-refractivity contribution in [2.75, 3.05) is 0 Å². The van der Waals surface area contributed by atoms with Gasteiger partial charge in [0, 0.05) is 18.8 Å². The minimum Gasteiger partial charge on any atom is -0.339 e. The number of hydrogen-bond donors (Lipinski definition) is 1. The Bertz CT molecular complexity index is 419. The van der Waals surface area contributed by atoms with E-state index >= 15 is 0 Å². The molecule has 0 spiro atoms. The lowest BCUT2D eigenvalue weighted by atomic mass is 9.86. The molecule has 108 valence electrons. The molecule has 1 fully saturated rings. The summed E-state index contributed by atoms with van der Waals surface area (Å²) in [6.07, 6.45) is 2.00. The van der Waals surface area contributed by atoms with Gasteiger partial charge in [-0.3, -0.25) is 0 Å². The molecule has 0 aromatic carbocycles. The Morgan fingerprint density at radius 3 is 2.42 bits per heavy atom. The lowest BCUT2D eigenvalue weighted by Gasteiger charge is -2.26. The Hall–Kier alpha value is -1.04. The van der Waals surface area contributed by atoms with Crippen LogP contribution in [0.4, 0.5) is 8.78 Å². The Kier molecular flexibility index (Phi) is 3.90. The largest absolute Gasteiger partial charge is 0.339 e. The van der Waals surface area contributed by atoms with Crippen LogP contribution in [-0.2, 0) is 5.54 Å². The van der Waals surface area contributed by atoms with E-state index in [1.165, 1.54) is 0 Å². The van der Waals surface area contributed by atoms with Gasteiger partial charge in [0.05, 0.1) is 5.54 Å². The van der Waals surface area contributed by atoms with Gasteiger partial charge in [-0.1, -0.05) is 19.0 Å². The predicted octanol–water partition coefficient (Wildman–Crippen LogP) is 3.34. The quantitative estimate of drug-likeness (QED) is 0.913. The van der Waals surface area contributed by atoms with Crippen LogP contribution in [0.3, 0.4) is 0 Å². The van der Waals surface area contributed by atoms with Crippen LogP contribution in [0.1, 0.15) is 70.0 Å². The summed E-state index contributed by atoms with van der Waals surface area (Å²) in [4.78, 5) is 4.35. The Morgan fingerprint density at radius 1 is 1.32 bits per heavy atom. The van der Waals surface area contributed by atoms with Crippen molar-refractivity contribution in [2.24, 2.45) is 5.73 Å². The summed E-state index contributed by atoms with van der Waals surface area (Å²) in [5.74, 6) is -1.64. The van der Waals surface area contributed by atoms with Crippen LogP contribution in [0.15, 0.2) is 4.52 Å². The van der Waals surface area contributed by atoms with Crippen LogP contribution in [-0.4, -0.2) is 16.1 Å². The number of nitrogens with two attached hydrogens (primary N) is 1. The maximum Gasteiger partial charge on any atom is 0.248 e. The van der Waals surface area contributed by atoms with Crippen LogP contribution in [0, 0.1) is 0 Å². The van der Waals surface area contributed by atoms with E-state index in [4.69, 9.17) is 10.3 Å². The molecular weight excluding hydrogens is 252 g/mol. The SMILES string of the molecule is CCC(N)(CC)c1noc(C2CCC(F)(F)CC2)n1. The molecule has 0 amide bonds. The first-order chi connectivity index (χ1) is 8.90. The lowest BCUT2D eigenvalue weighted by Crippen LogP contribution is -2.36. The van der Waals surface area contributed by atoms with Crippen molar-refractivity contribution in [2.45, 2.75) is 69.8 Å². The van der Waals surface area contributed by atoms with E-state index in [9.17, 15) is 8.78 Å². The summed E-state index contributed by atoms with van der Waals surface area (Å²) in [7, 11) is 0. The van der Waals surface area contributed by atoms with Gasteiger partial charge in [0.2, 0.25) is 11.8 Å². The van der Waals surface area contributed by atoms with E-state index in [1.807, 2.05) is 13.8 Å². The molecule has 1 aromatic rings. The van der Waals surface area contributed by atoms with Gasteiger partial charge in [0.1, 0.15) is 0 Å². The van der Waals surface area contributed by atoms with E-state index in [-0.39, 0.29) is 18.8 Å². The molecule has 0 saturated heterocycles. The van der Waals surface area contributed by atoms with Crippen LogP contribution in [0.25, 0.3) is 0 Å². The second kappa shape index (κ2) is 5.15. The fourth-order valence-corrected chi connectivity index (χ4v) is 2.46. The molecular formula is C13H21F2N3O. The standard InChI is InChI=1S/C13H21F2N3O/c1-3-12(16,4-2)11-17-10(19-18-11)9-5-7-13(14,15)8-6-9/h9H,3-8,16H2,1-2H3. The highest BCUT2D eigenvalue weighted by atomic mass is 19.3. The molecule has 0 unspecified atom stereocenters. The van der Waals surface area contributed by atoms with Crippen molar-refractivity contribution in [1.82, 2.24) is 10.1 Å². The first-order valence-electron chi connectivity index (χ1n) is 6.91. The molecule has 2 rings (SSSR count). The van der Waals surface area contributed by atoms with Crippen molar-refractivity contribution in [1.29, 1.82) is 0 Å². The van der Waals surface area contributed by atoms with Crippen LogP contribution < -0.4 is 5.73 Å². The topological polar surface area (TPSA) is 64.9 Å². The number of rotatable bonds is 4. The molecule has 1 aliphatic rings. The summed E-state index contributed by atoms with van der Waals surface area (Å²) < 4.78 is 31.5. The number of halogens is 2. The molecule has 0 bridgehead atoms. The number of aromatic nitrogens is 2. The van der Waals surface area contributed by atoms with Crippen molar-refractivity contribution in [3.05, 3.63) is 11.7 Å². The average Bonchev–Trinajstić information content (AvgIpc) is 2.88. The van der Waals surface area contributed by atoms with E-state index in [1.54, 1.807) is 0 Å². The van der Waals surface area contributed by atoms with Crippen molar-refractivity contribution < 1.29 is 13.3 Å². The Morgan fingerprint density at radius 2 is 1.89 bits per heavy atom. The van der Waals surface area contributed by atoms with Gasteiger partial charge in [-0.15, -0.1) is 0 Å². The minimum absolute atomic E-state index is 0.0566.